The zero-order valence-corrected chi connectivity index (χ0v) is 26.4. The molecule has 1 aromatic carbocycles. The Labute approximate surface area is 250 Å². The van der Waals surface area contributed by atoms with Crippen molar-refractivity contribution in [2.24, 2.45) is 11.3 Å². The summed E-state index contributed by atoms with van der Waals surface area (Å²) < 4.78 is 24.2. The van der Waals surface area contributed by atoms with E-state index in [1.807, 2.05) is 45.0 Å². The number of hydrogen-bond acceptors (Lipinski definition) is 7. The summed E-state index contributed by atoms with van der Waals surface area (Å²) in [5, 5.41) is 2.85. The lowest BCUT2D eigenvalue weighted by Crippen LogP contribution is -2.55. The number of ether oxygens (including phenoxy) is 4. The Hall–Kier alpha value is -2.55. The first-order chi connectivity index (χ1) is 19.8. The van der Waals surface area contributed by atoms with Crippen LogP contribution < -0.4 is 5.32 Å². The smallest absolute Gasteiger partial charge is 0.306 e. The summed E-state index contributed by atoms with van der Waals surface area (Å²) in [6.45, 7) is 12.6. The quantitative estimate of drug-likeness (QED) is 0.173. The molecule has 0 unspecified atom stereocenters. The molecule has 1 spiro atoms. The number of Topliss-reactive ketones (excluding diaryl/α,β-unsaturated/α-hetero) is 1. The highest BCUT2D eigenvalue weighted by Gasteiger charge is 2.72. The van der Waals surface area contributed by atoms with E-state index in [9.17, 15) is 14.4 Å². The van der Waals surface area contributed by atoms with Crippen LogP contribution in [-0.4, -0.2) is 60.9 Å². The van der Waals surface area contributed by atoms with Crippen LogP contribution in [0.4, 0.5) is 5.69 Å². The Morgan fingerprint density at radius 1 is 1.10 bits per heavy atom. The third kappa shape index (κ3) is 7.88. The second-order valence-electron chi connectivity index (χ2n) is 13.7. The molecule has 8 nitrogen and oxygen atoms in total. The van der Waals surface area contributed by atoms with Crippen molar-refractivity contribution in [3.05, 3.63) is 41.5 Å². The van der Waals surface area contributed by atoms with Gasteiger partial charge in [0.15, 0.2) is 0 Å². The largest absolute Gasteiger partial charge is 0.460 e. The molecule has 8 heteroatoms. The molecule has 3 aliphatic rings. The highest BCUT2D eigenvalue weighted by atomic mass is 16.6. The monoisotopic (exact) mass is 583 g/mol. The third-order valence-corrected chi connectivity index (χ3v) is 9.02. The molecule has 1 saturated carbocycles. The van der Waals surface area contributed by atoms with Gasteiger partial charge in [-0.25, -0.2) is 0 Å². The van der Waals surface area contributed by atoms with Gasteiger partial charge in [0.05, 0.1) is 18.6 Å². The molecule has 2 saturated heterocycles. The average molecular weight is 584 g/mol. The number of methoxy groups -OCH3 is 1. The molecule has 1 N–H and O–H groups in total. The van der Waals surface area contributed by atoms with Crippen molar-refractivity contribution in [2.75, 3.05) is 19.0 Å². The normalized spacial score (nSPS) is 30.0. The molecule has 1 aromatic rings. The van der Waals surface area contributed by atoms with Gasteiger partial charge < -0.3 is 24.3 Å². The molecule has 0 aromatic heterocycles. The van der Waals surface area contributed by atoms with Gasteiger partial charge in [-0.3, -0.25) is 14.4 Å². The minimum absolute atomic E-state index is 0.00935. The minimum atomic E-state index is -0.439. The van der Waals surface area contributed by atoms with Crippen molar-refractivity contribution in [2.45, 2.75) is 122 Å². The number of benzene rings is 1. The van der Waals surface area contributed by atoms with E-state index in [4.69, 9.17) is 18.9 Å². The lowest BCUT2D eigenvalue weighted by Gasteiger charge is -2.42. The number of amides is 1. The van der Waals surface area contributed by atoms with Gasteiger partial charge >= 0.3 is 5.97 Å². The first-order valence-corrected chi connectivity index (χ1v) is 15.4. The van der Waals surface area contributed by atoms with Crippen LogP contribution in [-0.2, 0) is 39.8 Å². The number of rotatable bonds is 13. The van der Waals surface area contributed by atoms with Crippen LogP contribution in [0.5, 0.6) is 0 Å². The number of carbonyl (C=O) groups is 3. The standard InChI is InChI=1S/C34H49NO7/c1-22(2)11-17-27-33(6,42-27)31-30(39-7)25(19-20-34(31)21-40-34)41-29(38)10-8-9-23-12-14-24(15-13-23)35-28(37)18-16-26(36)32(3,4)5/h11-15,25,27,30-31H,8-10,16-21H2,1-7H3,(H,35,37)/t25-,27-,30-,31-,33+,34+/m1/s1. The second-order valence-corrected chi connectivity index (χ2v) is 13.7. The number of epoxide rings is 2. The van der Waals surface area contributed by atoms with E-state index in [0.29, 0.717) is 31.6 Å². The maximum absolute atomic E-state index is 12.9. The fraction of sp³-hybridized carbons (Fsp3) is 0.676. The van der Waals surface area contributed by atoms with E-state index in [1.165, 1.54) is 5.57 Å². The number of allylic oxidation sites excluding steroid dienone is 1. The Bertz CT molecular complexity index is 1160. The lowest BCUT2D eigenvalue weighted by molar-refractivity contribution is -0.172. The van der Waals surface area contributed by atoms with Crippen molar-refractivity contribution in [1.82, 2.24) is 0 Å². The number of hydrogen-bond donors (Lipinski definition) is 1. The first kappa shape index (κ1) is 32.4. The number of nitrogens with one attached hydrogen (secondary N) is 1. The van der Waals surface area contributed by atoms with Crippen molar-refractivity contribution >= 4 is 23.3 Å². The third-order valence-electron chi connectivity index (χ3n) is 9.02. The highest BCUT2D eigenvalue weighted by Crippen LogP contribution is 2.59. The van der Waals surface area contributed by atoms with Gasteiger partial charge in [-0.2, -0.15) is 0 Å². The number of anilines is 1. The molecule has 42 heavy (non-hydrogen) atoms. The van der Waals surface area contributed by atoms with E-state index in [-0.39, 0.29) is 65.9 Å². The van der Waals surface area contributed by atoms with Gasteiger partial charge in [0.2, 0.25) is 5.91 Å². The average Bonchev–Trinajstić information content (AvgIpc) is 3.84. The predicted octanol–water partition coefficient (Wildman–Crippen LogP) is 5.96. The Morgan fingerprint density at radius 3 is 2.38 bits per heavy atom. The van der Waals surface area contributed by atoms with Crippen LogP contribution in [0.2, 0.25) is 0 Å². The summed E-state index contributed by atoms with van der Waals surface area (Å²) in [7, 11) is 1.69. The van der Waals surface area contributed by atoms with E-state index in [1.54, 1.807) is 7.11 Å². The van der Waals surface area contributed by atoms with E-state index in [2.05, 4.69) is 32.2 Å². The van der Waals surface area contributed by atoms with Crippen LogP contribution in [0.3, 0.4) is 0 Å². The van der Waals surface area contributed by atoms with Crippen molar-refractivity contribution in [3.63, 3.8) is 0 Å². The molecule has 232 valence electrons. The van der Waals surface area contributed by atoms with Gasteiger partial charge in [0.25, 0.3) is 0 Å². The van der Waals surface area contributed by atoms with Crippen molar-refractivity contribution < 1.29 is 33.3 Å². The van der Waals surface area contributed by atoms with Gasteiger partial charge in [0, 0.05) is 37.5 Å². The number of ketones is 1. The zero-order valence-electron chi connectivity index (χ0n) is 26.4. The summed E-state index contributed by atoms with van der Waals surface area (Å²) in [6.07, 6.45) is 6.22. The van der Waals surface area contributed by atoms with Crippen LogP contribution >= 0.6 is 0 Å². The fourth-order valence-electron chi connectivity index (χ4n) is 6.32. The van der Waals surface area contributed by atoms with Crippen molar-refractivity contribution in [1.29, 1.82) is 0 Å². The van der Waals surface area contributed by atoms with Gasteiger partial charge in [-0.15, -0.1) is 0 Å². The van der Waals surface area contributed by atoms with Crippen LogP contribution in [0.15, 0.2) is 35.9 Å². The maximum atomic E-state index is 12.9. The molecule has 6 atom stereocenters. The summed E-state index contributed by atoms with van der Waals surface area (Å²) in [4.78, 5) is 37.2. The van der Waals surface area contributed by atoms with Crippen molar-refractivity contribution in [3.8, 4) is 0 Å². The Morgan fingerprint density at radius 2 is 1.79 bits per heavy atom. The minimum Gasteiger partial charge on any atom is -0.460 e. The number of aryl methyl sites for hydroxylation is 1. The zero-order chi connectivity index (χ0) is 30.7. The Kier molecular flexibility index (Phi) is 10.0. The predicted molar refractivity (Wildman–Crippen MR) is 161 cm³/mol. The van der Waals surface area contributed by atoms with Crippen LogP contribution in [0, 0.1) is 11.3 Å². The summed E-state index contributed by atoms with van der Waals surface area (Å²) in [5.41, 5.74) is 2.00. The van der Waals surface area contributed by atoms with E-state index in [0.717, 1.165) is 24.8 Å². The summed E-state index contributed by atoms with van der Waals surface area (Å²) >= 11 is 0. The first-order valence-electron chi connectivity index (χ1n) is 15.4. The molecule has 2 aliphatic heterocycles. The van der Waals surface area contributed by atoms with Gasteiger partial charge in [0.1, 0.15) is 29.2 Å². The van der Waals surface area contributed by atoms with E-state index < -0.39 is 5.41 Å². The SMILES string of the molecule is CO[C@@H]1[C@H](OC(=O)CCCc2ccc(NC(=O)CCC(=O)C(C)(C)C)cc2)CC[C@]2(CO2)[C@H]1[C@@]1(C)O[C@@H]1CC=C(C)C. The summed E-state index contributed by atoms with van der Waals surface area (Å²) in [5.74, 6) is -0.309. The molecule has 3 fully saturated rings. The van der Waals surface area contributed by atoms with Crippen LogP contribution in [0.1, 0.15) is 92.1 Å². The number of esters is 1. The Balaban J connectivity index is 1.23. The fourth-order valence-corrected chi connectivity index (χ4v) is 6.32. The molecule has 0 radical (unpaired) electrons. The summed E-state index contributed by atoms with van der Waals surface area (Å²) in [6, 6.07) is 7.60. The molecular weight excluding hydrogens is 534 g/mol. The van der Waals surface area contributed by atoms with Crippen LogP contribution in [0.25, 0.3) is 0 Å². The molecule has 4 rings (SSSR count). The molecule has 2 heterocycles. The molecule has 1 aliphatic carbocycles. The molecular formula is C34H49NO7. The maximum Gasteiger partial charge on any atom is 0.306 e. The lowest BCUT2D eigenvalue weighted by atomic mass is 9.68. The van der Waals surface area contributed by atoms with Gasteiger partial charge in [-0.05, 0) is 70.6 Å². The molecule has 1 amide bonds. The topological polar surface area (TPSA) is 107 Å². The van der Waals surface area contributed by atoms with E-state index >= 15 is 0 Å². The highest BCUT2D eigenvalue weighted by molar-refractivity contribution is 5.94. The number of carbonyl (C=O) groups excluding carboxylic acids is 3. The van der Waals surface area contributed by atoms with Gasteiger partial charge in [-0.1, -0.05) is 44.6 Å². The molecule has 0 bridgehead atoms. The second kappa shape index (κ2) is 13.0.